The van der Waals surface area contributed by atoms with Crippen LogP contribution in [0.2, 0.25) is 0 Å². The molecule has 2 heterocycles. The predicted octanol–water partition coefficient (Wildman–Crippen LogP) is 2.99. The first-order chi connectivity index (χ1) is 9.83. The SMILES string of the molecule is CN1CCC=C(c2nsnc2OCC2CC=CCC2)C1. The molecule has 1 aromatic heterocycles. The Kier molecular flexibility index (Phi) is 4.47. The van der Waals surface area contributed by atoms with Crippen molar-refractivity contribution in [2.45, 2.75) is 25.7 Å². The van der Waals surface area contributed by atoms with Gasteiger partial charge in [0.1, 0.15) is 5.69 Å². The van der Waals surface area contributed by atoms with Gasteiger partial charge in [0.2, 0.25) is 0 Å². The fourth-order valence-corrected chi connectivity index (χ4v) is 3.27. The van der Waals surface area contributed by atoms with Gasteiger partial charge in [-0.05, 0) is 44.2 Å². The van der Waals surface area contributed by atoms with Crippen molar-refractivity contribution in [3.8, 4) is 5.88 Å². The molecule has 108 valence electrons. The average Bonchev–Trinajstić information content (AvgIpc) is 2.95. The quantitative estimate of drug-likeness (QED) is 0.799. The minimum Gasteiger partial charge on any atom is -0.475 e. The molecule has 0 spiro atoms. The minimum atomic E-state index is 0.623. The summed E-state index contributed by atoms with van der Waals surface area (Å²) in [5.74, 6) is 1.35. The standard InChI is InChI=1S/C15H21N3OS/c1-18-9-5-8-13(10-18)14-15(17-20-16-14)19-11-12-6-3-2-4-7-12/h2-3,8,12H,4-7,9-11H2,1H3. The number of rotatable bonds is 4. The molecule has 1 atom stereocenters. The summed E-state index contributed by atoms with van der Waals surface area (Å²) in [7, 11) is 2.14. The molecule has 2 aliphatic rings. The van der Waals surface area contributed by atoms with Crippen molar-refractivity contribution in [2.75, 3.05) is 26.7 Å². The van der Waals surface area contributed by atoms with Gasteiger partial charge in [-0.15, -0.1) is 4.37 Å². The smallest absolute Gasteiger partial charge is 0.253 e. The molecule has 0 bridgehead atoms. The lowest BCUT2D eigenvalue weighted by Gasteiger charge is -2.22. The van der Waals surface area contributed by atoms with Crippen LogP contribution in [0.1, 0.15) is 31.4 Å². The molecule has 1 aromatic rings. The zero-order valence-electron chi connectivity index (χ0n) is 11.9. The van der Waals surface area contributed by atoms with Crippen molar-refractivity contribution < 1.29 is 4.74 Å². The van der Waals surface area contributed by atoms with E-state index in [9.17, 15) is 0 Å². The monoisotopic (exact) mass is 291 g/mol. The van der Waals surface area contributed by atoms with Gasteiger partial charge in [0.15, 0.2) is 0 Å². The van der Waals surface area contributed by atoms with Crippen LogP contribution in [0.5, 0.6) is 5.88 Å². The van der Waals surface area contributed by atoms with Crippen LogP contribution in [0.3, 0.4) is 0 Å². The second kappa shape index (κ2) is 6.50. The summed E-state index contributed by atoms with van der Waals surface area (Å²) >= 11 is 1.25. The third-order valence-corrected chi connectivity index (χ3v) is 4.45. The molecular formula is C15H21N3OS. The molecule has 0 saturated heterocycles. The normalized spacial score (nSPS) is 23.6. The van der Waals surface area contributed by atoms with Crippen molar-refractivity contribution in [1.82, 2.24) is 13.6 Å². The van der Waals surface area contributed by atoms with E-state index in [2.05, 4.69) is 38.9 Å². The summed E-state index contributed by atoms with van der Waals surface area (Å²) < 4.78 is 14.7. The number of hydrogen-bond acceptors (Lipinski definition) is 5. The maximum atomic E-state index is 5.95. The van der Waals surface area contributed by atoms with Gasteiger partial charge in [0.25, 0.3) is 5.88 Å². The van der Waals surface area contributed by atoms with E-state index in [4.69, 9.17) is 4.74 Å². The maximum Gasteiger partial charge on any atom is 0.253 e. The number of nitrogens with zero attached hydrogens (tertiary/aromatic N) is 3. The molecule has 0 N–H and O–H groups in total. The van der Waals surface area contributed by atoms with Crippen LogP contribution in [0, 0.1) is 5.92 Å². The zero-order chi connectivity index (χ0) is 13.8. The molecule has 4 nitrogen and oxygen atoms in total. The lowest BCUT2D eigenvalue weighted by atomic mass is 9.95. The Morgan fingerprint density at radius 1 is 1.35 bits per heavy atom. The fourth-order valence-electron chi connectivity index (χ4n) is 2.74. The number of aromatic nitrogens is 2. The lowest BCUT2D eigenvalue weighted by Crippen LogP contribution is -2.25. The number of hydrogen-bond donors (Lipinski definition) is 0. The van der Waals surface area contributed by atoms with Crippen LogP contribution >= 0.6 is 11.7 Å². The summed E-state index contributed by atoms with van der Waals surface area (Å²) in [4.78, 5) is 2.31. The molecule has 1 aliphatic carbocycles. The summed E-state index contributed by atoms with van der Waals surface area (Å²) in [6.07, 6.45) is 11.4. The third-order valence-electron chi connectivity index (χ3n) is 3.94. The molecule has 1 unspecified atom stereocenters. The van der Waals surface area contributed by atoms with Crippen LogP contribution in [-0.2, 0) is 0 Å². The van der Waals surface area contributed by atoms with Gasteiger partial charge in [0, 0.05) is 13.1 Å². The second-order valence-corrected chi connectivity index (χ2v) is 6.16. The molecule has 0 aromatic carbocycles. The van der Waals surface area contributed by atoms with Crippen LogP contribution in [-0.4, -0.2) is 40.4 Å². The molecule has 0 fully saturated rings. The van der Waals surface area contributed by atoms with Crippen molar-refractivity contribution in [3.63, 3.8) is 0 Å². The van der Waals surface area contributed by atoms with E-state index in [0.29, 0.717) is 5.92 Å². The first-order valence-electron chi connectivity index (χ1n) is 7.31. The van der Waals surface area contributed by atoms with E-state index in [1.54, 1.807) is 0 Å². The minimum absolute atomic E-state index is 0.623. The van der Waals surface area contributed by atoms with Gasteiger partial charge in [-0.1, -0.05) is 18.2 Å². The van der Waals surface area contributed by atoms with Crippen molar-refractivity contribution in [2.24, 2.45) is 5.92 Å². The first kappa shape index (κ1) is 13.8. The molecular weight excluding hydrogens is 270 g/mol. The Morgan fingerprint density at radius 2 is 2.30 bits per heavy atom. The molecule has 0 radical (unpaired) electrons. The summed E-state index contributed by atoms with van der Waals surface area (Å²) in [5.41, 5.74) is 2.21. The van der Waals surface area contributed by atoms with E-state index in [1.165, 1.54) is 30.1 Å². The van der Waals surface area contributed by atoms with Crippen molar-refractivity contribution in [1.29, 1.82) is 0 Å². The van der Waals surface area contributed by atoms with Crippen LogP contribution in [0.4, 0.5) is 0 Å². The van der Waals surface area contributed by atoms with Crippen LogP contribution < -0.4 is 4.74 Å². The summed E-state index contributed by atoms with van der Waals surface area (Å²) in [6.45, 7) is 2.81. The Hall–Kier alpha value is -1.20. The number of allylic oxidation sites excluding steroid dienone is 2. The highest BCUT2D eigenvalue weighted by Crippen LogP contribution is 2.28. The largest absolute Gasteiger partial charge is 0.475 e. The van der Waals surface area contributed by atoms with E-state index >= 15 is 0 Å². The highest BCUT2D eigenvalue weighted by molar-refractivity contribution is 6.99. The number of ether oxygens (including phenoxy) is 1. The zero-order valence-corrected chi connectivity index (χ0v) is 12.7. The second-order valence-electron chi connectivity index (χ2n) is 5.64. The Bertz CT molecular complexity index is 509. The molecule has 1 aliphatic heterocycles. The van der Waals surface area contributed by atoms with Crippen LogP contribution in [0.15, 0.2) is 18.2 Å². The summed E-state index contributed by atoms with van der Waals surface area (Å²) in [5, 5.41) is 0. The Morgan fingerprint density at radius 3 is 3.10 bits per heavy atom. The maximum absolute atomic E-state index is 5.95. The third kappa shape index (κ3) is 3.27. The first-order valence-corrected chi connectivity index (χ1v) is 8.04. The molecule has 20 heavy (non-hydrogen) atoms. The average molecular weight is 291 g/mol. The Labute approximate surface area is 124 Å². The van der Waals surface area contributed by atoms with Gasteiger partial charge in [-0.3, -0.25) is 0 Å². The van der Waals surface area contributed by atoms with E-state index < -0.39 is 0 Å². The van der Waals surface area contributed by atoms with Gasteiger partial charge in [0.05, 0.1) is 18.3 Å². The molecule has 0 saturated carbocycles. The van der Waals surface area contributed by atoms with Crippen molar-refractivity contribution in [3.05, 3.63) is 23.9 Å². The van der Waals surface area contributed by atoms with Gasteiger partial charge >= 0.3 is 0 Å². The topological polar surface area (TPSA) is 38.2 Å². The highest BCUT2D eigenvalue weighted by Gasteiger charge is 2.19. The van der Waals surface area contributed by atoms with E-state index in [-0.39, 0.29) is 0 Å². The van der Waals surface area contributed by atoms with E-state index in [0.717, 1.165) is 44.1 Å². The van der Waals surface area contributed by atoms with Gasteiger partial charge < -0.3 is 9.64 Å². The van der Waals surface area contributed by atoms with Gasteiger partial charge in [-0.25, -0.2) is 0 Å². The van der Waals surface area contributed by atoms with Crippen LogP contribution in [0.25, 0.3) is 5.57 Å². The summed E-state index contributed by atoms with van der Waals surface area (Å²) in [6, 6.07) is 0. The highest BCUT2D eigenvalue weighted by atomic mass is 32.1. The fraction of sp³-hybridized carbons (Fsp3) is 0.600. The van der Waals surface area contributed by atoms with Gasteiger partial charge in [-0.2, -0.15) is 4.37 Å². The lowest BCUT2D eigenvalue weighted by molar-refractivity contribution is 0.232. The molecule has 3 rings (SSSR count). The van der Waals surface area contributed by atoms with E-state index in [1.807, 2.05) is 0 Å². The Balaban J connectivity index is 1.64. The predicted molar refractivity (Wildman–Crippen MR) is 82.0 cm³/mol. The molecule has 5 heteroatoms. The molecule has 0 amide bonds. The van der Waals surface area contributed by atoms with Crippen molar-refractivity contribution >= 4 is 17.3 Å². The number of likely N-dealkylation sites (N-methyl/N-ethyl adjacent to an activating group) is 1.